The van der Waals surface area contributed by atoms with Crippen LogP contribution in [-0.2, 0) is 9.59 Å². The molecular formula is C18H16FN3O2S. The lowest BCUT2D eigenvalue weighted by Gasteiger charge is -2.17. The normalized spacial score (nSPS) is 17.0. The number of carbonyl (C=O) groups is 2. The number of hydrogen-bond donors (Lipinski definition) is 2. The second-order valence-corrected chi connectivity index (χ2v) is 6.82. The summed E-state index contributed by atoms with van der Waals surface area (Å²) in [4.78, 5) is 26.1. The predicted octanol–water partition coefficient (Wildman–Crippen LogP) is 3.55. The molecular weight excluding hydrogens is 341 g/mol. The number of anilines is 2. The molecule has 0 unspecified atom stereocenters. The summed E-state index contributed by atoms with van der Waals surface area (Å²) < 4.78 is 12.9. The van der Waals surface area contributed by atoms with Gasteiger partial charge in [-0.15, -0.1) is 0 Å². The number of aryl methyl sites for hydroxylation is 1. The van der Waals surface area contributed by atoms with Crippen molar-refractivity contribution in [2.45, 2.75) is 18.6 Å². The van der Waals surface area contributed by atoms with Gasteiger partial charge in [-0.1, -0.05) is 30.0 Å². The molecule has 2 N–H and O–H groups in total. The highest BCUT2D eigenvalue weighted by atomic mass is 32.2. The summed E-state index contributed by atoms with van der Waals surface area (Å²) in [6, 6.07) is 12.7. The van der Waals surface area contributed by atoms with E-state index in [-0.39, 0.29) is 29.2 Å². The topological polar surface area (TPSA) is 73.3 Å². The molecule has 5 nitrogen and oxygen atoms in total. The lowest BCUT2D eigenvalue weighted by atomic mass is 10.1. The van der Waals surface area contributed by atoms with Crippen molar-refractivity contribution >= 4 is 40.1 Å². The van der Waals surface area contributed by atoms with Crippen molar-refractivity contribution in [1.29, 1.82) is 5.41 Å². The quantitative estimate of drug-likeness (QED) is 0.879. The summed E-state index contributed by atoms with van der Waals surface area (Å²) in [5, 5.41) is 10.2. The Morgan fingerprint density at radius 3 is 2.60 bits per heavy atom. The number of halogens is 1. The first-order valence-electron chi connectivity index (χ1n) is 7.66. The molecule has 1 saturated heterocycles. The molecule has 1 aliphatic heterocycles. The van der Waals surface area contributed by atoms with Crippen LogP contribution in [0.15, 0.2) is 48.5 Å². The molecule has 2 amide bonds. The summed E-state index contributed by atoms with van der Waals surface area (Å²) >= 11 is 1.07. The van der Waals surface area contributed by atoms with Crippen LogP contribution in [0.3, 0.4) is 0 Å². The van der Waals surface area contributed by atoms with Crippen molar-refractivity contribution in [2.75, 3.05) is 10.2 Å². The van der Waals surface area contributed by atoms with Gasteiger partial charge in [-0.05, 0) is 42.8 Å². The lowest BCUT2D eigenvalue weighted by molar-refractivity contribution is -0.121. The monoisotopic (exact) mass is 357 g/mol. The third-order valence-electron chi connectivity index (χ3n) is 3.81. The van der Waals surface area contributed by atoms with Crippen molar-refractivity contribution in [3.05, 3.63) is 59.9 Å². The van der Waals surface area contributed by atoms with Crippen molar-refractivity contribution in [1.82, 2.24) is 0 Å². The average molecular weight is 357 g/mol. The van der Waals surface area contributed by atoms with E-state index in [4.69, 9.17) is 5.41 Å². The minimum atomic E-state index is -0.646. The molecule has 3 rings (SSSR count). The fourth-order valence-corrected chi connectivity index (χ4v) is 3.57. The molecule has 2 aromatic carbocycles. The van der Waals surface area contributed by atoms with Crippen LogP contribution in [0.1, 0.15) is 12.0 Å². The first kappa shape index (κ1) is 17.2. The molecule has 1 fully saturated rings. The van der Waals surface area contributed by atoms with Gasteiger partial charge >= 0.3 is 0 Å². The molecule has 0 aliphatic carbocycles. The van der Waals surface area contributed by atoms with Gasteiger partial charge < -0.3 is 5.32 Å². The largest absolute Gasteiger partial charge is 0.326 e. The van der Waals surface area contributed by atoms with Crippen molar-refractivity contribution < 1.29 is 14.0 Å². The Kier molecular flexibility index (Phi) is 4.85. The highest BCUT2D eigenvalue weighted by Crippen LogP contribution is 2.34. The van der Waals surface area contributed by atoms with E-state index >= 15 is 0 Å². The van der Waals surface area contributed by atoms with Crippen molar-refractivity contribution in [3.8, 4) is 0 Å². The van der Waals surface area contributed by atoms with E-state index in [1.54, 1.807) is 6.07 Å². The minimum Gasteiger partial charge on any atom is -0.326 e. The van der Waals surface area contributed by atoms with E-state index < -0.39 is 5.25 Å². The molecule has 0 saturated carbocycles. The third-order valence-corrected chi connectivity index (χ3v) is 4.87. The van der Waals surface area contributed by atoms with Crippen molar-refractivity contribution in [3.63, 3.8) is 0 Å². The van der Waals surface area contributed by atoms with E-state index in [2.05, 4.69) is 5.32 Å². The summed E-state index contributed by atoms with van der Waals surface area (Å²) in [5.41, 5.74) is 2.01. The zero-order valence-corrected chi connectivity index (χ0v) is 14.3. The highest BCUT2D eigenvalue weighted by molar-refractivity contribution is 8.16. The van der Waals surface area contributed by atoms with Gasteiger partial charge in [0.1, 0.15) is 11.1 Å². The van der Waals surface area contributed by atoms with Gasteiger partial charge in [-0.3, -0.25) is 19.9 Å². The number of thioether (sulfide) groups is 1. The van der Waals surface area contributed by atoms with E-state index in [1.807, 2.05) is 25.1 Å². The molecule has 1 aliphatic rings. The number of carbonyl (C=O) groups excluding carboxylic acids is 2. The second kappa shape index (κ2) is 7.06. The van der Waals surface area contributed by atoms with Crippen LogP contribution in [0.2, 0.25) is 0 Å². The van der Waals surface area contributed by atoms with Gasteiger partial charge in [0.2, 0.25) is 11.8 Å². The SMILES string of the molecule is Cc1ccccc1N1C(=N)S[C@H](CC(=O)Nc2ccc(F)cc2)C1=O. The summed E-state index contributed by atoms with van der Waals surface area (Å²) in [6.07, 6.45) is -0.0500. The number of para-hydroxylation sites is 1. The summed E-state index contributed by atoms with van der Waals surface area (Å²) in [7, 11) is 0. The van der Waals surface area contributed by atoms with E-state index in [0.29, 0.717) is 11.4 Å². The Labute approximate surface area is 148 Å². The standard InChI is InChI=1S/C18H16FN3O2S/c1-11-4-2-3-5-14(11)22-17(24)15(25-18(22)20)10-16(23)21-13-8-6-12(19)7-9-13/h2-9,15,20H,10H2,1H3,(H,21,23)/t15-/m1/s1. The molecule has 0 aromatic heterocycles. The molecule has 7 heteroatoms. The summed E-state index contributed by atoms with van der Waals surface area (Å²) in [6.45, 7) is 1.87. The van der Waals surface area contributed by atoms with E-state index in [0.717, 1.165) is 17.3 Å². The molecule has 0 bridgehead atoms. The molecule has 1 heterocycles. The van der Waals surface area contributed by atoms with Crippen LogP contribution in [-0.4, -0.2) is 22.2 Å². The van der Waals surface area contributed by atoms with E-state index in [9.17, 15) is 14.0 Å². The van der Waals surface area contributed by atoms with Crippen LogP contribution in [0.4, 0.5) is 15.8 Å². The number of amidine groups is 1. The number of nitrogens with zero attached hydrogens (tertiary/aromatic N) is 1. The van der Waals surface area contributed by atoms with Gasteiger partial charge in [0.05, 0.1) is 5.69 Å². The Bertz CT molecular complexity index is 838. The molecule has 0 spiro atoms. The Balaban J connectivity index is 1.69. The van der Waals surface area contributed by atoms with Crippen LogP contribution in [0.5, 0.6) is 0 Å². The van der Waals surface area contributed by atoms with Crippen LogP contribution >= 0.6 is 11.8 Å². The first-order valence-corrected chi connectivity index (χ1v) is 8.54. The van der Waals surface area contributed by atoms with Crippen LogP contribution in [0, 0.1) is 18.2 Å². The minimum absolute atomic E-state index is 0.0500. The fourth-order valence-electron chi connectivity index (χ4n) is 2.57. The number of benzene rings is 2. The predicted molar refractivity (Wildman–Crippen MR) is 97.4 cm³/mol. The maximum atomic E-state index is 12.9. The number of nitrogens with one attached hydrogen (secondary N) is 2. The second-order valence-electron chi connectivity index (χ2n) is 5.63. The highest BCUT2D eigenvalue weighted by Gasteiger charge is 2.39. The zero-order valence-electron chi connectivity index (χ0n) is 13.5. The third kappa shape index (κ3) is 3.71. The Hall–Kier alpha value is -2.67. The molecule has 1 atom stereocenters. The van der Waals surface area contributed by atoms with Gasteiger partial charge in [-0.25, -0.2) is 4.39 Å². The fraction of sp³-hybridized carbons (Fsp3) is 0.167. The zero-order chi connectivity index (χ0) is 18.0. The average Bonchev–Trinajstić information content (AvgIpc) is 2.84. The molecule has 0 radical (unpaired) electrons. The molecule has 25 heavy (non-hydrogen) atoms. The van der Waals surface area contributed by atoms with Crippen molar-refractivity contribution in [2.24, 2.45) is 0 Å². The maximum absolute atomic E-state index is 12.9. The van der Waals surface area contributed by atoms with Gasteiger partial charge in [0, 0.05) is 12.1 Å². The Morgan fingerprint density at radius 1 is 1.24 bits per heavy atom. The van der Waals surface area contributed by atoms with E-state index in [1.165, 1.54) is 29.2 Å². The van der Waals surface area contributed by atoms with Crippen LogP contribution < -0.4 is 10.2 Å². The molecule has 128 valence electrons. The van der Waals surface area contributed by atoms with Gasteiger partial charge in [0.25, 0.3) is 0 Å². The maximum Gasteiger partial charge on any atom is 0.247 e. The van der Waals surface area contributed by atoms with Gasteiger partial charge in [0.15, 0.2) is 5.17 Å². The Morgan fingerprint density at radius 2 is 1.92 bits per heavy atom. The first-order chi connectivity index (χ1) is 12.0. The number of rotatable bonds is 4. The van der Waals surface area contributed by atoms with Crippen LogP contribution in [0.25, 0.3) is 0 Å². The molecule has 2 aromatic rings. The smallest absolute Gasteiger partial charge is 0.247 e. The lowest BCUT2D eigenvalue weighted by Crippen LogP contribution is -2.33. The summed E-state index contributed by atoms with van der Waals surface area (Å²) in [5.74, 6) is -1.02. The number of amides is 2. The van der Waals surface area contributed by atoms with Gasteiger partial charge in [-0.2, -0.15) is 0 Å². The number of hydrogen-bond acceptors (Lipinski definition) is 4.